The van der Waals surface area contributed by atoms with Gasteiger partial charge in [-0.15, -0.1) is 0 Å². The number of hydrogen-bond donors (Lipinski definition) is 1. The zero-order chi connectivity index (χ0) is 16.1. The van der Waals surface area contributed by atoms with E-state index in [1.165, 1.54) is 11.0 Å². The molecule has 0 saturated carbocycles. The first-order valence-corrected chi connectivity index (χ1v) is 7.01. The summed E-state index contributed by atoms with van der Waals surface area (Å²) in [6.45, 7) is 3.54. The standard InChI is InChI=1S/C16H19NO5/c1-3-10-22-16(20)17-13(8-9-14(17)15(18)19)11-4-6-12(21-2)7-5-11/h3-7,13-14H,1,8-10H2,2H3,(H,18,19). The normalized spacial score (nSPS) is 20.5. The number of carbonyl (C=O) groups excluding carboxylic acids is 1. The predicted molar refractivity (Wildman–Crippen MR) is 79.8 cm³/mol. The van der Waals surface area contributed by atoms with Crippen LogP contribution in [0.25, 0.3) is 0 Å². The van der Waals surface area contributed by atoms with Crippen molar-refractivity contribution in [1.29, 1.82) is 0 Å². The highest BCUT2D eigenvalue weighted by Crippen LogP contribution is 2.37. The largest absolute Gasteiger partial charge is 0.497 e. The maximum atomic E-state index is 12.2. The van der Waals surface area contributed by atoms with Crippen LogP contribution in [0.15, 0.2) is 36.9 Å². The van der Waals surface area contributed by atoms with Crippen LogP contribution >= 0.6 is 0 Å². The summed E-state index contributed by atoms with van der Waals surface area (Å²) in [6.07, 6.45) is 1.79. The second kappa shape index (κ2) is 6.98. The Morgan fingerprint density at radius 1 is 1.36 bits per heavy atom. The summed E-state index contributed by atoms with van der Waals surface area (Å²) >= 11 is 0. The van der Waals surface area contributed by atoms with Gasteiger partial charge in [0, 0.05) is 0 Å². The number of hydrogen-bond acceptors (Lipinski definition) is 4. The van der Waals surface area contributed by atoms with Crippen molar-refractivity contribution in [2.24, 2.45) is 0 Å². The third-order valence-corrected chi connectivity index (χ3v) is 3.71. The van der Waals surface area contributed by atoms with E-state index in [1.807, 2.05) is 12.1 Å². The third kappa shape index (κ3) is 3.21. The molecule has 0 aliphatic carbocycles. The molecule has 0 spiro atoms. The van der Waals surface area contributed by atoms with Crippen molar-refractivity contribution in [3.05, 3.63) is 42.5 Å². The first kappa shape index (κ1) is 15.9. The molecule has 6 heteroatoms. The Balaban J connectivity index is 2.25. The van der Waals surface area contributed by atoms with Crippen LogP contribution in [0.1, 0.15) is 24.4 Å². The molecule has 0 radical (unpaired) electrons. The van der Waals surface area contributed by atoms with E-state index in [0.717, 1.165) is 5.56 Å². The van der Waals surface area contributed by atoms with Crippen molar-refractivity contribution >= 4 is 12.1 Å². The van der Waals surface area contributed by atoms with Gasteiger partial charge < -0.3 is 14.6 Å². The van der Waals surface area contributed by atoms with E-state index in [0.29, 0.717) is 18.6 Å². The van der Waals surface area contributed by atoms with E-state index in [2.05, 4.69) is 6.58 Å². The molecule has 22 heavy (non-hydrogen) atoms. The van der Waals surface area contributed by atoms with Crippen molar-refractivity contribution in [3.8, 4) is 5.75 Å². The van der Waals surface area contributed by atoms with Crippen LogP contribution in [0.4, 0.5) is 4.79 Å². The fourth-order valence-electron chi connectivity index (χ4n) is 2.67. The number of carboxylic acids is 1. The number of likely N-dealkylation sites (tertiary alicyclic amines) is 1. The first-order valence-electron chi connectivity index (χ1n) is 7.01. The lowest BCUT2D eigenvalue weighted by Gasteiger charge is -2.27. The van der Waals surface area contributed by atoms with Crippen LogP contribution in [0.5, 0.6) is 5.75 Å². The van der Waals surface area contributed by atoms with E-state index in [4.69, 9.17) is 9.47 Å². The van der Waals surface area contributed by atoms with Crippen molar-refractivity contribution in [1.82, 2.24) is 4.90 Å². The van der Waals surface area contributed by atoms with Crippen LogP contribution in [0.3, 0.4) is 0 Å². The van der Waals surface area contributed by atoms with Gasteiger partial charge in [-0.05, 0) is 30.5 Å². The zero-order valence-electron chi connectivity index (χ0n) is 12.4. The van der Waals surface area contributed by atoms with Gasteiger partial charge in [0.15, 0.2) is 0 Å². The molecule has 1 heterocycles. The molecule has 1 N–H and O–H groups in total. The molecule has 1 aromatic carbocycles. The zero-order valence-corrected chi connectivity index (χ0v) is 12.4. The lowest BCUT2D eigenvalue weighted by atomic mass is 10.0. The van der Waals surface area contributed by atoms with E-state index in [-0.39, 0.29) is 12.6 Å². The lowest BCUT2D eigenvalue weighted by molar-refractivity contribution is -0.142. The fraction of sp³-hybridized carbons (Fsp3) is 0.375. The van der Waals surface area contributed by atoms with E-state index >= 15 is 0 Å². The summed E-state index contributed by atoms with van der Waals surface area (Å²) in [6, 6.07) is 6.06. The molecule has 1 amide bonds. The number of methoxy groups -OCH3 is 1. The Labute approximate surface area is 128 Å². The molecule has 2 rings (SSSR count). The Morgan fingerprint density at radius 3 is 2.59 bits per heavy atom. The molecular weight excluding hydrogens is 286 g/mol. The minimum absolute atomic E-state index is 0.0526. The topological polar surface area (TPSA) is 76.1 Å². The van der Waals surface area contributed by atoms with Crippen LogP contribution in [-0.2, 0) is 9.53 Å². The number of benzene rings is 1. The highest BCUT2D eigenvalue weighted by molar-refractivity contribution is 5.81. The Hall–Kier alpha value is -2.50. The summed E-state index contributed by atoms with van der Waals surface area (Å²) in [5, 5.41) is 9.32. The quantitative estimate of drug-likeness (QED) is 0.846. The molecule has 2 unspecified atom stereocenters. The summed E-state index contributed by atoms with van der Waals surface area (Å²) in [4.78, 5) is 24.9. The van der Waals surface area contributed by atoms with Crippen molar-refractivity contribution in [2.75, 3.05) is 13.7 Å². The molecule has 118 valence electrons. The molecule has 1 saturated heterocycles. The maximum absolute atomic E-state index is 12.2. The molecule has 6 nitrogen and oxygen atoms in total. The fourth-order valence-corrected chi connectivity index (χ4v) is 2.67. The Bertz CT molecular complexity index is 554. The molecule has 1 aliphatic rings. The van der Waals surface area contributed by atoms with Gasteiger partial charge >= 0.3 is 12.1 Å². The van der Waals surface area contributed by atoms with Gasteiger partial charge in [0.2, 0.25) is 0 Å². The summed E-state index contributed by atoms with van der Waals surface area (Å²) < 4.78 is 10.1. The van der Waals surface area contributed by atoms with Crippen molar-refractivity contribution in [3.63, 3.8) is 0 Å². The second-order valence-electron chi connectivity index (χ2n) is 4.99. The molecule has 2 atom stereocenters. The van der Waals surface area contributed by atoms with Crippen LogP contribution in [-0.4, -0.2) is 41.8 Å². The first-order chi connectivity index (χ1) is 10.6. The Kier molecular flexibility index (Phi) is 5.04. The van der Waals surface area contributed by atoms with Gasteiger partial charge in [-0.25, -0.2) is 9.59 Å². The number of ether oxygens (including phenoxy) is 2. The van der Waals surface area contributed by atoms with Gasteiger partial charge in [-0.1, -0.05) is 24.8 Å². The average molecular weight is 305 g/mol. The molecule has 0 bridgehead atoms. The maximum Gasteiger partial charge on any atom is 0.411 e. The number of aliphatic carboxylic acids is 1. The minimum Gasteiger partial charge on any atom is -0.497 e. The molecule has 1 fully saturated rings. The predicted octanol–water partition coefficient (Wildman–Crippen LogP) is 2.61. The van der Waals surface area contributed by atoms with Gasteiger partial charge in [-0.2, -0.15) is 0 Å². The van der Waals surface area contributed by atoms with Crippen LogP contribution in [0, 0.1) is 0 Å². The third-order valence-electron chi connectivity index (χ3n) is 3.71. The molecule has 1 aliphatic heterocycles. The Morgan fingerprint density at radius 2 is 2.05 bits per heavy atom. The van der Waals surface area contributed by atoms with Crippen molar-refractivity contribution in [2.45, 2.75) is 24.9 Å². The lowest BCUT2D eigenvalue weighted by Crippen LogP contribution is -2.42. The molecule has 0 aromatic heterocycles. The summed E-state index contributed by atoms with van der Waals surface area (Å²) in [5.41, 5.74) is 0.861. The minimum atomic E-state index is -1.02. The van der Waals surface area contributed by atoms with E-state index in [9.17, 15) is 14.7 Å². The number of nitrogens with zero attached hydrogens (tertiary/aromatic N) is 1. The molecule has 1 aromatic rings. The van der Waals surface area contributed by atoms with Gasteiger partial charge in [-0.3, -0.25) is 4.90 Å². The number of rotatable bonds is 5. The highest BCUT2D eigenvalue weighted by Gasteiger charge is 2.42. The van der Waals surface area contributed by atoms with Crippen LogP contribution < -0.4 is 4.74 Å². The van der Waals surface area contributed by atoms with E-state index < -0.39 is 18.1 Å². The number of carboxylic acid groups (broad SMARTS) is 1. The van der Waals surface area contributed by atoms with E-state index in [1.54, 1.807) is 19.2 Å². The summed E-state index contributed by atoms with van der Waals surface area (Å²) in [5.74, 6) is -0.316. The van der Waals surface area contributed by atoms with Gasteiger partial charge in [0.05, 0.1) is 13.2 Å². The average Bonchev–Trinajstić information content (AvgIpc) is 2.98. The van der Waals surface area contributed by atoms with Gasteiger partial charge in [0.25, 0.3) is 0 Å². The molecular formula is C16H19NO5. The number of amides is 1. The highest BCUT2D eigenvalue weighted by atomic mass is 16.6. The van der Waals surface area contributed by atoms with Crippen molar-refractivity contribution < 1.29 is 24.2 Å². The SMILES string of the molecule is C=CCOC(=O)N1C(C(=O)O)CCC1c1ccc(OC)cc1. The van der Waals surface area contributed by atoms with Gasteiger partial charge in [0.1, 0.15) is 18.4 Å². The monoisotopic (exact) mass is 305 g/mol. The van der Waals surface area contributed by atoms with Crippen LogP contribution in [0.2, 0.25) is 0 Å². The second-order valence-corrected chi connectivity index (χ2v) is 4.99. The number of carbonyl (C=O) groups is 2. The summed E-state index contributed by atoms with van der Waals surface area (Å²) in [7, 11) is 1.57. The smallest absolute Gasteiger partial charge is 0.411 e.